The van der Waals surface area contributed by atoms with Crippen molar-refractivity contribution in [2.24, 2.45) is 0 Å². The second kappa shape index (κ2) is 8.21. The normalized spacial score (nSPS) is 10.7. The number of rotatable bonds is 5. The molecule has 0 spiro atoms. The third-order valence-corrected chi connectivity index (χ3v) is 4.76. The smallest absolute Gasteiger partial charge is 0.258 e. The Morgan fingerprint density at radius 2 is 1.83 bits per heavy atom. The monoisotopic (exact) mass is 399 g/mol. The van der Waals surface area contributed by atoms with Crippen LogP contribution in [0, 0.1) is 13.8 Å². The zero-order chi connectivity index (χ0) is 21.1. The van der Waals surface area contributed by atoms with E-state index in [1.807, 2.05) is 44.2 Å². The van der Waals surface area contributed by atoms with Crippen molar-refractivity contribution in [2.45, 2.75) is 20.5 Å². The van der Waals surface area contributed by atoms with Crippen molar-refractivity contribution < 1.29 is 9.53 Å². The molecule has 1 N–H and O–H groups in total. The fourth-order valence-electron chi connectivity index (χ4n) is 3.07. The molecule has 30 heavy (non-hydrogen) atoms. The predicted octanol–water partition coefficient (Wildman–Crippen LogP) is 4.14. The number of aryl methyl sites for hydroxylation is 2. The molecule has 0 fully saturated rings. The molecule has 0 aliphatic heterocycles. The molecule has 0 atom stereocenters. The summed E-state index contributed by atoms with van der Waals surface area (Å²) in [7, 11) is 0. The first kappa shape index (κ1) is 19.4. The number of nitrogens with one attached hydrogen (secondary N) is 1. The number of anilines is 1. The van der Waals surface area contributed by atoms with Gasteiger partial charge in [-0.05, 0) is 49.7 Å². The van der Waals surface area contributed by atoms with Crippen LogP contribution >= 0.6 is 0 Å². The molecule has 0 aliphatic rings. The van der Waals surface area contributed by atoms with Crippen LogP contribution in [0.25, 0.3) is 5.65 Å². The van der Waals surface area contributed by atoms with Gasteiger partial charge in [0.1, 0.15) is 18.0 Å². The van der Waals surface area contributed by atoms with E-state index in [1.165, 1.54) is 10.5 Å². The molecule has 0 bridgehead atoms. The number of carbonyl (C=O) groups is 1. The lowest BCUT2D eigenvalue weighted by atomic mass is 10.1. The lowest BCUT2D eigenvalue weighted by Gasteiger charge is -2.12. The van der Waals surface area contributed by atoms with Crippen LogP contribution in [0.1, 0.15) is 27.2 Å². The maximum Gasteiger partial charge on any atom is 0.258 e. The Morgan fingerprint density at radius 3 is 2.63 bits per heavy atom. The number of carbonyl (C=O) groups excluding carboxylic acids is 1. The summed E-state index contributed by atoms with van der Waals surface area (Å²) in [5, 5.41) is 2.89. The van der Waals surface area contributed by atoms with E-state index >= 15 is 0 Å². The predicted molar refractivity (Wildman–Crippen MR) is 116 cm³/mol. The van der Waals surface area contributed by atoms with Crippen LogP contribution in [0.4, 0.5) is 5.69 Å². The van der Waals surface area contributed by atoms with Crippen molar-refractivity contribution in [2.75, 3.05) is 5.32 Å². The zero-order valence-electron chi connectivity index (χ0n) is 16.8. The van der Waals surface area contributed by atoms with Crippen LogP contribution in [0.15, 0.2) is 77.7 Å². The maximum absolute atomic E-state index is 12.5. The van der Waals surface area contributed by atoms with E-state index in [0.717, 1.165) is 11.1 Å². The minimum absolute atomic E-state index is 0.150. The Labute approximate surface area is 173 Å². The van der Waals surface area contributed by atoms with Crippen LogP contribution in [0.2, 0.25) is 0 Å². The lowest BCUT2D eigenvalue weighted by Crippen LogP contribution is -2.16. The van der Waals surface area contributed by atoms with Gasteiger partial charge >= 0.3 is 0 Å². The van der Waals surface area contributed by atoms with Gasteiger partial charge in [-0.1, -0.05) is 29.8 Å². The number of aromatic nitrogens is 2. The number of ether oxygens (including phenoxy) is 1. The molecule has 4 aromatic rings. The van der Waals surface area contributed by atoms with Crippen molar-refractivity contribution in [1.29, 1.82) is 0 Å². The van der Waals surface area contributed by atoms with Crippen LogP contribution in [0.5, 0.6) is 5.75 Å². The van der Waals surface area contributed by atoms with Crippen LogP contribution < -0.4 is 15.6 Å². The van der Waals surface area contributed by atoms with Crippen LogP contribution in [-0.4, -0.2) is 15.3 Å². The van der Waals surface area contributed by atoms with E-state index in [9.17, 15) is 9.59 Å². The zero-order valence-corrected chi connectivity index (χ0v) is 16.8. The topological polar surface area (TPSA) is 72.7 Å². The molecule has 4 rings (SSSR count). The molecule has 150 valence electrons. The Hall–Kier alpha value is -3.93. The number of amides is 1. The SMILES string of the molecule is Cc1ccc(C(=O)Nc2ccc(C)c(OCc3cc(=O)n4ccccc4n3)c2)cc1. The molecule has 0 saturated carbocycles. The molecular weight excluding hydrogens is 378 g/mol. The fourth-order valence-corrected chi connectivity index (χ4v) is 3.07. The number of benzene rings is 2. The van der Waals surface area contributed by atoms with Crippen LogP contribution in [-0.2, 0) is 6.61 Å². The van der Waals surface area contributed by atoms with Crippen LogP contribution in [0.3, 0.4) is 0 Å². The van der Waals surface area contributed by atoms with Crippen molar-refractivity contribution in [3.63, 3.8) is 0 Å². The van der Waals surface area contributed by atoms with Gasteiger partial charge in [-0.25, -0.2) is 4.98 Å². The first-order chi connectivity index (χ1) is 14.5. The first-order valence-electron chi connectivity index (χ1n) is 9.58. The molecule has 1 amide bonds. The number of nitrogens with zero attached hydrogens (tertiary/aromatic N) is 2. The van der Waals surface area contributed by atoms with Gasteiger partial charge in [-0.2, -0.15) is 0 Å². The second-order valence-electron chi connectivity index (χ2n) is 7.10. The van der Waals surface area contributed by atoms with Gasteiger partial charge in [0.05, 0.1) is 5.69 Å². The summed E-state index contributed by atoms with van der Waals surface area (Å²) in [5.74, 6) is 0.431. The highest BCUT2D eigenvalue weighted by Crippen LogP contribution is 2.24. The van der Waals surface area contributed by atoms with Crippen molar-refractivity contribution in [3.8, 4) is 5.75 Å². The number of hydrogen-bond acceptors (Lipinski definition) is 4. The molecule has 0 saturated heterocycles. The summed E-state index contributed by atoms with van der Waals surface area (Å²) < 4.78 is 7.39. The number of hydrogen-bond donors (Lipinski definition) is 1. The standard InChI is InChI=1S/C24H21N3O3/c1-16-6-9-18(10-7-16)24(29)26-19-11-8-17(2)21(13-19)30-15-20-14-23(28)27-12-4-3-5-22(27)25-20/h3-14H,15H2,1-2H3,(H,26,29). The van der Waals surface area contributed by atoms with Gasteiger partial charge in [-0.15, -0.1) is 0 Å². The summed E-state index contributed by atoms with van der Waals surface area (Å²) in [6.07, 6.45) is 1.68. The van der Waals surface area contributed by atoms with Gasteiger partial charge in [0.25, 0.3) is 11.5 Å². The van der Waals surface area contributed by atoms with E-state index in [1.54, 1.807) is 36.5 Å². The minimum atomic E-state index is -0.186. The molecule has 2 aromatic heterocycles. The van der Waals surface area contributed by atoms with E-state index in [0.29, 0.717) is 28.3 Å². The quantitative estimate of drug-likeness (QED) is 0.547. The Morgan fingerprint density at radius 1 is 1.03 bits per heavy atom. The van der Waals surface area contributed by atoms with Gasteiger partial charge in [0.2, 0.25) is 0 Å². The minimum Gasteiger partial charge on any atom is -0.487 e. The van der Waals surface area contributed by atoms with E-state index in [4.69, 9.17) is 4.74 Å². The Balaban J connectivity index is 1.50. The summed E-state index contributed by atoms with van der Waals surface area (Å²) in [5.41, 5.74) is 4.19. The largest absolute Gasteiger partial charge is 0.487 e. The summed E-state index contributed by atoms with van der Waals surface area (Å²) in [6, 6.07) is 19.7. The van der Waals surface area contributed by atoms with Gasteiger partial charge in [-0.3, -0.25) is 14.0 Å². The van der Waals surface area contributed by atoms with Crippen molar-refractivity contribution in [1.82, 2.24) is 9.38 Å². The summed E-state index contributed by atoms with van der Waals surface area (Å²) in [4.78, 5) is 29.2. The number of fused-ring (bicyclic) bond motifs is 1. The summed E-state index contributed by atoms with van der Waals surface area (Å²) >= 11 is 0. The highest BCUT2D eigenvalue weighted by molar-refractivity contribution is 6.04. The van der Waals surface area contributed by atoms with E-state index in [2.05, 4.69) is 10.3 Å². The molecule has 6 nitrogen and oxygen atoms in total. The first-order valence-corrected chi connectivity index (χ1v) is 9.58. The molecule has 6 heteroatoms. The number of pyridine rings is 1. The maximum atomic E-state index is 12.5. The lowest BCUT2D eigenvalue weighted by molar-refractivity contribution is 0.102. The molecule has 2 aromatic carbocycles. The van der Waals surface area contributed by atoms with Gasteiger partial charge in [0.15, 0.2) is 0 Å². The van der Waals surface area contributed by atoms with E-state index in [-0.39, 0.29) is 18.1 Å². The average Bonchev–Trinajstić information content (AvgIpc) is 2.74. The molecule has 0 aliphatic carbocycles. The average molecular weight is 399 g/mol. The van der Waals surface area contributed by atoms with E-state index < -0.39 is 0 Å². The molecule has 0 unspecified atom stereocenters. The third kappa shape index (κ3) is 4.22. The van der Waals surface area contributed by atoms with Crippen molar-refractivity contribution in [3.05, 3.63) is 106 Å². The van der Waals surface area contributed by atoms with Gasteiger partial charge in [0, 0.05) is 29.6 Å². The van der Waals surface area contributed by atoms with Crippen molar-refractivity contribution >= 4 is 17.2 Å². The highest BCUT2D eigenvalue weighted by atomic mass is 16.5. The third-order valence-electron chi connectivity index (χ3n) is 4.76. The Bertz CT molecular complexity index is 1280. The molecular formula is C24H21N3O3. The van der Waals surface area contributed by atoms with Gasteiger partial charge < -0.3 is 10.1 Å². The second-order valence-corrected chi connectivity index (χ2v) is 7.10. The summed E-state index contributed by atoms with van der Waals surface area (Å²) in [6.45, 7) is 4.05. The molecule has 0 radical (unpaired) electrons. The fraction of sp³-hybridized carbons (Fsp3) is 0.125. The molecule has 2 heterocycles. The highest BCUT2D eigenvalue weighted by Gasteiger charge is 2.09. The Kier molecular flexibility index (Phi) is 5.30.